The van der Waals surface area contributed by atoms with E-state index in [2.05, 4.69) is 192 Å². The molecule has 0 bridgehead atoms. The zero-order chi connectivity index (χ0) is 112. The Kier molecular flexibility index (Phi) is 54.5. The van der Waals surface area contributed by atoms with Crippen molar-refractivity contribution in [2.75, 3.05) is 92.2 Å². The minimum Gasteiger partial charge on any atom is -0.481 e. The number of amides is 5. The fourth-order valence-electron chi connectivity index (χ4n) is 15.4. The summed E-state index contributed by atoms with van der Waals surface area (Å²) >= 11 is 0. The predicted molar refractivity (Wildman–Crippen MR) is 608 cm³/mol. The highest BCUT2D eigenvalue weighted by Crippen LogP contribution is 2.34. The summed E-state index contributed by atoms with van der Waals surface area (Å²) in [5, 5.41) is 14.0. The van der Waals surface area contributed by atoms with Crippen molar-refractivity contribution in [3.63, 3.8) is 0 Å². The van der Waals surface area contributed by atoms with Gasteiger partial charge in [0.15, 0.2) is 0 Å². The van der Waals surface area contributed by atoms with Crippen molar-refractivity contribution in [3.05, 3.63) is 265 Å². The maximum absolute atomic E-state index is 14.2. The zero-order valence-corrected chi connectivity index (χ0v) is 97.9. The molecule has 3 aliphatic heterocycles. The van der Waals surface area contributed by atoms with Crippen LogP contribution >= 0.6 is 0 Å². The number of aromatic nitrogens is 2. The molecule has 6 aromatic carbocycles. The Morgan fingerprint density at radius 3 is 0.844 bits per heavy atom. The Morgan fingerprint density at radius 1 is 0.320 bits per heavy atom. The molecule has 11 rings (SSSR count). The van der Waals surface area contributed by atoms with Crippen LogP contribution < -0.4 is 31.3 Å². The number of nitrogens with one attached hydrogen (secondary N) is 5. The third-order valence-corrected chi connectivity index (χ3v) is 26.2. The molecule has 0 saturated carbocycles. The summed E-state index contributed by atoms with van der Waals surface area (Å²) < 4.78 is 75.3. The van der Waals surface area contributed by atoms with Crippen LogP contribution in [0.2, 0.25) is 0 Å². The SMILES string of the molecule is CC(C)(C)CCC(C)(C)C.CC(C)(C)c1ccc(C(=O)NCCCN2CCCCC2)c(F)c1.CC(C)(C)c1ccc(C(=O)NCCN2CCCCC2)c(F)c1.CC(C)(C)c1ccc(C(=O)NCCN2CCCCC2)c(F)c1.CC(C)(C)c1cccnc1.CCC(C)(C)NC(=O)c1ccc(C(C)(C)C)cc1F.CCCNC(=O)c1ccc(C(C)(C)C)cc1F.CCc1ccc(C(C)(C)C)cc1.COc1ccc(C(C)(C)C)cn1. The van der Waals surface area contributed by atoms with Crippen LogP contribution in [0.5, 0.6) is 5.88 Å². The van der Waals surface area contributed by atoms with Crippen LogP contribution in [0.1, 0.15) is 434 Å². The number of carbonyl (C=O) groups excluding carboxylic acids is 5. The fourth-order valence-corrected chi connectivity index (χ4v) is 15.4. The molecular weight excluding hydrogens is 1840 g/mol. The van der Waals surface area contributed by atoms with Crippen molar-refractivity contribution in [2.24, 2.45) is 10.8 Å². The highest BCUT2D eigenvalue weighted by atomic mass is 19.1. The number of carbonyl (C=O) groups is 5. The number of ether oxygens (including phenoxy) is 1. The Morgan fingerprint density at radius 2 is 0.599 bits per heavy atom. The molecule has 0 unspecified atom stereocenters. The number of halogens is 5. The van der Waals surface area contributed by atoms with Crippen molar-refractivity contribution in [3.8, 4) is 5.88 Å². The summed E-state index contributed by atoms with van der Waals surface area (Å²) in [6, 6.07) is 41.3. The van der Waals surface area contributed by atoms with Gasteiger partial charge in [-0.3, -0.25) is 29.0 Å². The van der Waals surface area contributed by atoms with E-state index < -0.39 is 29.1 Å². The largest absolute Gasteiger partial charge is 0.481 e. The zero-order valence-electron chi connectivity index (χ0n) is 97.9. The number of hydrogen-bond acceptors (Lipinski definition) is 11. The smallest absolute Gasteiger partial charge is 0.254 e. The first-order valence-electron chi connectivity index (χ1n) is 54.1. The van der Waals surface area contributed by atoms with Crippen LogP contribution in [0.15, 0.2) is 158 Å². The first kappa shape index (κ1) is 131. The lowest BCUT2D eigenvalue weighted by Gasteiger charge is -2.26. The van der Waals surface area contributed by atoms with E-state index in [0.29, 0.717) is 42.9 Å². The van der Waals surface area contributed by atoms with Crippen molar-refractivity contribution >= 4 is 29.5 Å². The first-order valence-corrected chi connectivity index (χ1v) is 54.1. The van der Waals surface area contributed by atoms with E-state index in [4.69, 9.17) is 4.74 Å². The Hall–Kier alpha value is -9.70. The maximum Gasteiger partial charge on any atom is 0.254 e. The van der Waals surface area contributed by atoms with Crippen molar-refractivity contribution in [1.82, 2.24) is 51.3 Å². The number of piperidine rings is 3. The number of rotatable bonds is 22. The molecule has 5 N–H and O–H groups in total. The van der Waals surface area contributed by atoms with Gasteiger partial charge in [-0.1, -0.05) is 314 Å². The average Bonchev–Trinajstić information content (AvgIpc) is 0.824. The van der Waals surface area contributed by atoms with E-state index in [-0.39, 0.29) is 106 Å². The summed E-state index contributed by atoms with van der Waals surface area (Å²) in [7, 11) is 1.62. The number of pyridine rings is 2. The molecule has 5 heterocycles. The van der Waals surface area contributed by atoms with Gasteiger partial charge < -0.3 is 46.0 Å². The van der Waals surface area contributed by atoms with Gasteiger partial charge in [0.2, 0.25) is 5.88 Å². The van der Waals surface area contributed by atoms with E-state index in [1.54, 1.807) is 43.6 Å². The Balaban J connectivity index is 0.000000431. The second kappa shape index (κ2) is 61.0. The lowest BCUT2D eigenvalue weighted by atomic mass is 9.81. The maximum atomic E-state index is 14.2. The highest BCUT2D eigenvalue weighted by molar-refractivity contribution is 5.97. The van der Waals surface area contributed by atoms with Crippen LogP contribution in [-0.4, -0.2) is 152 Å². The number of nitrogens with zero attached hydrogens (tertiary/aromatic N) is 5. The lowest BCUT2D eigenvalue weighted by Crippen LogP contribution is -2.43. The minimum atomic E-state index is -0.461. The number of hydrogen-bond donors (Lipinski definition) is 5. The van der Waals surface area contributed by atoms with Crippen molar-refractivity contribution in [2.45, 2.75) is 388 Å². The van der Waals surface area contributed by atoms with Gasteiger partial charge in [-0.05, 0) is 308 Å². The van der Waals surface area contributed by atoms with Gasteiger partial charge in [0.25, 0.3) is 29.5 Å². The molecule has 0 radical (unpaired) electrons. The van der Waals surface area contributed by atoms with E-state index in [0.717, 1.165) is 112 Å². The quantitative estimate of drug-likeness (QED) is 0.0321. The third kappa shape index (κ3) is 52.1. The number of methoxy groups -OCH3 is 1. The Labute approximate surface area is 887 Å². The highest BCUT2D eigenvalue weighted by Gasteiger charge is 2.28. The van der Waals surface area contributed by atoms with Gasteiger partial charge in [-0.25, -0.2) is 26.9 Å². The van der Waals surface area contributed by atoms with Crippen LogP contribution in [-0.2, 0) is 49.7 Å². The van der Waals surface area contributed by atoms with Gasteiger partial charge in [0, 0.05) is 69.5 Å². The number of likely N-dealkylation sites (tertiary alicyclic amines) is 3. The molecular formula is C126H195F5N10O6. The molecule has 2 aromatic heterocycles. The molecule has 820 valence electrons. The molecule has 147 heavy (non-hydrogen) atoms. The third-order valence-electron chi connectivity index (χ3n) is 26.2. The van der Waals surface area contributed by atoms with Crippen molar-refractivity contribution < 1.29 is 50.7 Å². The number of aryl methyl sites for hydroxylation is 1. The van der Waals surface area contributed by atoms with Gasteiger partial charge in [0.05, 0.1) is 34.9 Å². The second-order valence-electron chi connectivity index (χ2n) is 50.8. The summed E-state index contributed by atoms with van der Waals surface area (Å²) in [6.45, 7) is 85.6. The van der Waals surface area contributed by atoms with Gasteiger partial charge in [-0.2, -0.15) is 0 Å². The standard InChI is InChI=1S/C19H29FN2O.2C18H27FN2O.C16H24FNO.C14H20FNO.C12H18.C10H15NO.C10H22.C9H13N/c1-19(2,3)15-8-9-16(17(20)14-15)18(23)21-10-7-13-22-11-5-4-6-12-22;2*1-18(2,3)14-7-8-15(16(19)13-14)17(22)20-9-12-21-10-5-4-6-11-21;1-7-16(5,6)18-14(19)12-9-8-11(10-13(12)17)15(2,3)4;1-5-8-16-13(17)11-7-6-10(9-12(11)15)14(2,3)4;1-5-10-6-8-11(9-7-10)12(2,3)4;1-10(2,3)8-5-6-9(12-4)11-7-8;1-9(2,3)7-8-10(4,5)6;1-9(2,3)8-5-4-6-10-7-8/h8-9,14H,4-7,10-13H2,1-3H3,(H,21,23);2*7-8,13H,4-6,9-12H2,1-3H3,(H,20,22);8-10H,7H2,1-6H3,(H,18,19);6-7,9H,5,8H2,1-4H3,(H,16,17);6-9H,5H2,1-4H3;5-7H,1-4H3;7-8H2,1-6H3;4-7H,1-3H3. The molecule has 0 aliphatic carbocycles. The Bertz CT molecular complexity index is 5050. The average molecular weight is 2040 g/mol. The summed E-state index contributed by atoms with van der Waals surface area (Å²) in [4.78, 5) is 75.3. The van der Waals surface area contributed by atoms with Crippen molar-refractivity contribution in [1.29, 1.82) is 0 Å². The van der Waals surface area contributed by atoms with Gasteiger partial charge in [-0.15, -0.1) is 0 Å². The summed E-state index contributed by atoms with van der Waals surface area (Å²) in [5.74, 6) is -3.23. The topological polar surface area (TPSA) is 190 Å². The van der Waals surface area contributed by atoms with Crippen LogP contribution in [0.3, 0.4) is 0 Å². The molecule has 0 atom stereocenters. The monoisotopic (exact) mass is 2040 g/mol. The van der Waals surface area contributed by atoms with E-state index in [1.807, 2.05) is 192 Å². The van der Waals surface area contributed by atoms with Crippen LogP contribution in [0.25, 0.3) is 0 Å². The summed E-state index contributed by atoms with van der Waals surface area (Å²) in [6.07, 6.45) is 23.3. The second-order valence-corrected chi connectivity index (χ2v) is 50.8. The predicted octanol–water partition coefficient (Wildman–Crippen LogP) is 29.9. The molecule has 3 aliphatic rings. The van der Waals surface area contributed by atoms with Gasteiger partial charge in [0.1, 0.15) is 29.1 Å². The molecule has 3 fully saturated rings. The molecule has 8 aromatic rings. The summed E-state index contributed by atoms with van der Waals surface area (Å²) in [5.41, 5.74) is 11.2. The lowest BCUT2D eigenvalue weighted by molar-refractivity contribution is 0.0902. The van der Waals surface area contributed by atoms with Crippen LogP contribution in [0.4, 0.5) is 22.0 Å². The minimum absolute atomic E-state index is 0.106. The normalized spacial score (nSPS) is 14.0. The molecule has 0 spiro atoms. The van der Waals surface area contributed by atoms with E-state index in [9.17, 15) is 45.9 Å². The first-order chi connectivity index (χ1) is 67.9. The van der Waals surface area contributed by atoms with Gasteiger partial charge >= 0.3 is 0 Å². The molecule has 16 nitrogen and oxygen atoms in total. The van der Waals surface area contributed by atoms with Crippen LogP contribution in [0, 0.1) is 39.9 Å². The number of benzene rings is 6. The molecule has 3 saturated heterocycles. The fraction of sp³-hybridized carbons (Fsp3) is 0.595. The van der Waals surface area contributed by atoms with E-state index in [1.165, 1.54) is 123 Å². The molecule has 21 heteroatoms. The van der Waals surface area contributed by atoms with E-state index >= 15 is 0 Å². The molecule has 5 amide bonds.